The molecule has 0 fully saturated rings. The van der Waals surface area contributed by atoms with Crippen LogP contribution in [-0.2, 0) is 4.79 Å². The van der Waals surface area contributed by atoms with Crippen LogP contribution in [0.25, 0.3) is 11.0 Å². The van der Waals surface area contributed by atoms with Crippen LogP contribution in [0.4, 0.5) is 23.1 Å². The zero-order valence-electron chi connectivity index (χ0n) is 23.5. The van der Waals surface area contributed by atoms with E-state index in [1.165, 1.54) is 6.33 Å². The summed E-state index contributed by atoms with van der Waals surface area (Å²) in [4.78, 5) is 39.1. The van der Waals surface area contributed by atoms with Crippen molar-refractivity contribution in [2.24, 2.45) is 16.1 Å². The summed E-state index contributed by atoms with van der Waals surface area (Å²) >= 11 is 0. The van der Waals surface area contributed by atoms with E-state index in [2.05, 4.69) is 35.5 Å². The number of nitrogens with two attached hydrogens (primary N) is 1. The Labute approximate surface area is 224 Å². The van der Waals surface area contributed by atoms with Crippen LogP contribution in [0.3, 0.4) is 0 Å². The van der Waals surface area contributed by atoms with Gasteiger partial charge in [-0.2, -0.15) is 0 Å². The van der Waals surface area contributed by atoms with Gasteiger partial charge >= 0.3 is 0 Å². The molecule has 3 aromatic rings. The number of rotatable bonds is 9. The quantitative estimate of drug-likeness (QED) is 0.364. The number of carbonyl (C=O) groups is 1. The van der Waals surface area contributed by atoms with Crippen LogP contribution in [0.1, 0.15) is 26.3 Å². The van der Waals surface area contributed by atoms with Crippen LogP contribution in [0.15, 0.2) is 47.5 Å². The molecule has 11 heteroatoms. The topological polar surface area (TPSA) is 138 Å². The number of nitrogens with zero attached hydrogens (tertiary/aromatic N) is 7. The van der Waals surface area contributed by atoms with Crippen molar-refractivity contribution in [3.8, 4) is 0 Å². The first kappa shape index (κ1) is 28.5. The molecule has 38 heavy (non-hydrogen) atoms. The first-order valence-corrected chi connectivity index (χ1v) is 12.4. The number of hydrogen-bond acceptors (Lipinski definition) is 10. The summed E-state index contributed by atoms with van der Waals surface area (Å²) < 4.78 is 0. The maximum atomic E-state index is 12.9. The van der Waals surface area contributed by atoms with Crippen LogP contribution in [0.2, 0.25) is 0 Å². The van der Waals surface area contributed by atoms with E-state index in [1.807, 2.05) is 71.9 Å². The minimum atomic E-state index is -0.347. The number of anilines is 4. The highest BCUT2D eigenvalue weighted by molar-refractivity contribution is 6.47. The van der Waals surface area contributed by atoms with Gasteiger partial charge in [0.25, 0.3) is 5.91 Å². The van der Waals surface area contributed by atoms with Gasteiger partial charge in [0.2, 0.25) is 5.95 Å². The normalized spacial score (nSPS) is 12.7. The van der Waals surface area contributed by atoms with Gasteiger partial charge in [0, 0.05) is 49.7 Å². The molecule has 2 heterocycles. The molecule has 0 bridgehead atoms. The maximum absolute atomic E-state index is 12.9. The minimum absolute atomic E-state index is 0.247. The molecule has 0 spiro atoms. The van der Waals surface area contributed by atoms with E-state index < -0.39 is 0 Å². The van der Waals surface area contributed by atoms with Gasteiger partial charge in [0.1, 0.15) is 23.1 Å². The van der Waals surface area contributed by atoms with Gasteiger partial charge in [-0.3, -0.25) is 9.79 Å². The fourth-order valence-corrected chi connectivity index (χ4v) is 3.32. The van der Waals surface area contributed by atoms with Crippen molar-refractivity contribution in [1.82, 2.24) is 24.8 Å². The molecule has 1 amide bonds. The number of carbonyl (C=O) groups excluding carboxylic acids is 1. The molecule has 3 rings (SSSR count). The standard InChI is InChI=1S/C27H38N10O/c1-17-9-10-18(33-25(38)20(29-5)14-22(28)27(2,3)4)13-19(17)34-24-23-21(31-16-32-24)15-30-26(35-23)37(8)12-11-36(6)7/h9-10,13-16H,11-12,28H2,1-8H3,(H,33,38)(H,31,32,34). The second-order valence-corrected chi connectivity index (χ2v) is 10.4. The Balaban J connectivity index is 1.87. The second-order valence-electron chi connectivity index (χ2n) is 10.4. The third-order valence-corrected chi connectivity index (χ3v) is 5.97. The van der Waals surface area contributed by atoms with Crippen LogP contribution in [-0.4, -0.2) is 77.7 Å². The third kappa shape index (κ3) is 7.22. The average Bonchev–Trinajstić information content (AvgIpc) is 2.86. The summed E-state index contributed by atoms with van der Waals surface area (Å²) in [6, 6.07) is 5.59. The molecule has 0 atom stereocenters. The SMILES string of the molecule is CN=C(C=C(N)C(C)(C)C)C(=O)Nc1ccc(C)c(Nc2ncnc3cnc(N(C)CCN(C)C)nc23)c1. The first-order chi connectivity index (χ1) is 17.9. The molecule has 0 saturated heterocycles. The Morgan fingerprint density at radius 1 is 1.13 bits per heavy atom. The van der Waals surface area contributed by atoms with E-state index in [4.69, 9.17) is 10.7 Å². The number of amides is 1. The van der Waals surface area contributed by atoms with Crippen molar-refractivity contribution in [2.75, 3.05) is 56.8 Å². The Morgan fingerprint density at radius 3 is 2.53 bits per heavy atom. The Bertz CT molecular complexity index is 1360. The second kappa shape index (κ2) is 12.0. The largest absolute Gasteiger partial charge is 0.402 e. The molecule has 0 radical (unpaired) electrons. The molecule has 0 saturated carbocycles. The van der Waals surface area contributed by atoms with Crippen LogP contribution in [0.5, 0.6) is 0 Å². The third-order valence-electron chi connectivity index (χ3n) is 5.97. The number of aliphatic imine (C=N–C) groups is 1. The average molecular weight is 519 g/mol. The number of aryl methyl sites for hydroxylation is 1. The summed E-state index contributed by atoms with van der Waals surface area (Å²) in [6.45, 7) is 9.56. The Morgan fingerprint density at radius 2 is 1.87 bits per heavy atom. The van der Waals surface area contributed by atoms with E-state index in [0.717, 1.165) is 24.3 Å². The lowest BCUT2D eigenvalue weighted by atomic mass is 9.91. The zero-order valence-corrected chi connectivity index (χ0v) is 23.5. The number of nitrogens with one attached hydrogen (secondary N) is 2. The lowest BCUT2D eigenvalue weighted by Crippen LogP contribution is -2.29. The molecule has 0 aliphatic heterocycles. The number of likely N-dealkylation sites (N-methyl/N-ethyl adjacent to an activating group) is 2. The molecule has 4 N–H and O–H groups in total. The maximum Gasteiger partial charge on any atom is 0.273 e. The van der Waals surface area contributed by atoms with Crippen molar-refractivity contribution in [3.63, 3.8) is 0 Å². The molecule has 1 aromatic carbocycles. The summed E-state index contributed by atoms with van der Waals surface area (Å²) in [6.07, 6.45) is 4.78. The van der Waals surface area contributed by atoms with Crippen molar-refractivity contribution in [2.45, 2.75) is 27.7 Å². The fourth-order valence-electron chi connectivity index (χ4n) is 3.32. The molecular formula is C27H38N10O. The highest BCUT2D eigenvalue weighted by Crippen LogP contribution is 2.27. The van der Waals surface area contributed by atoms with E-state index >= 15 is 0 Å². The molecule has 2 aromatic heterocycles. The number of benzene rings is 1. The highest BCUT2D eigenvalue weighted by Gasteiger charge is 2.18. The molecule has 11 nitrogen and oxygen atoms in total. The van der Waals surface area contributed by atoms with Crippen molar-refractivity contribution in [1.29, 1.82) is 0 Å². The Kier molecular flexibility index (Phi) is 8.95. The van der Waals surface area contributed by atoms with Crippen LogP contribution in [0, 0.1) is 12.3 Å². The van der Waals surface area contributed by atoms with Gasteiger partial charge in [0.05, 0.1) is 6.20 Å². The summed E-state index contributed by atoms with van der Waals surface area (Å²) in [5, 5.41) is 6.27. The lowest BCUT2D eigenvalue weighted by Gasteiger charge is -2.20. The van der Waals surface area contributed by atoms with Crippen molar-refractivity contribution in [3.05, 3.63) is 48.1 Å². The van der Waals surface area contributed by atoms with Gasteiger partial charge in [-0.1, -0.05) is 26.8 Å². The van der Waals surface area contributed by atoms with Crippen molar-refractivity contribution < 1.29 is 4.79 Å². The first-order valence-electron chi connectivity index (χ1n) is 12.4. The van der Waals surface area contributed by atoms with Crippen LogP contribution < -0.4 is 21.3 Å². The lowest BCUT2D eigenvalue weighted by molar-refractivity contribution is -0.110. The van der Waals surface area contributed by atoms with Crippen molar-refractivity contribution >= 4 is 45.8 Å². The number of fused-ring (bicyclic) bond motifs is 1. The smallest absolute Gasteiger partial charge is 0.273 e. The number of hydrogen-bond donors (Lipinski definition) is 3. The molecular weight excluding hydrogens is 480 g/mol. The van der Waals surface area contributed by atoms with E-state index in [9.17, 15) is 4.79 Å². The predicted octanol–water partition coefficient (Wildman–Crippen LogP) is 3.37. The molecule has 202 valence electrons. The van der Waals surface area contributed by atoms with Gasteiger partial charge in [-0.25, -0.2) is 19.9 Å². The summed E-state index contributed by atoms with van der Waals surface area (Å²) in [5.41, 5.74) is 10.3. The van der Waals surface area contributed by atoms with Crippen LogP contribution >= 0.6 is 0 Å². The van der Waals surface area contributed by atoms with E-state index in [0.29, 0.717) is 34.2 Å². The fraction of sp³-hybridized carbons (Fsp3) is 0.407. The molecule has 0 aliphatic rings. The van der Waals surface area contributed by atoms with Gasteiger partial charge in [-0.15, -0.1) is 0 Å². The van der Waals surface area contributed by atoms with Gasteiger partial charge in [0.15, 0.2) is 5.82 Å². The van der Waals surface area contributed by atoms with Gasteiger partial charge in [-0.05, 0) is 44.8 Å². The number of allylic oxidation sites excluding steroid dienone is 1. The summed E-state index contributed by atoms with van der Waals surface area (Å²) in [5.74, 6) is 0.784. The molecule has 0 aliphatic carbocycles. The van der Waals surface area contributed by atoms with E-state index in [1.54, 1.807) is 19.3 Å². The zero-order chi connectivity index (χ0) is 28.0. The monoisotopic (exact) mass is 518 g/mol. The summed E-state index contributed by atoms with van der Waals surface area (Å²) in [7, 11) is 7.57. The van der Waals surface area contributed by atoms with E-state index in [-0.39, 0.29) is 17.0 Å². The highest BCUT2D eigenvalue weighted by atomic mass is 16.1. The minimum Gasteiger partial charge on any atom is -0.402 e. The Hall–Kier alpha value is -4.12. The predicted molar refractivity (Wildman–Crippen MR) is 155 cm³/mol. The molecule has 0 unspecified atom stereocenters. The van der Waals surface area contributed by atoms with Gasteiger partial charge < -0.3 is 26.2 Å². The number of aromatic nitrogens is 4.